The van der Waals surface area contributed by atoms with Gasteiger partial charge >= 0.3 is 5.69 Å². The van der Waals surface area contributed by atoms with Gasteiger partial charge in [0.15, 0.2) is 0 Å². The van der Waals surface area contributed by atoms with Gasteiger partial charge in [0.2, 0.25) is 0 Å². The number of aliphatic hydroxyl groups is 1. The van der Waals surface area contributed by atoms with Crippen molar-refractivity contribution >= 4 is 11.5 Å². The summed E-state index contributed by atoms with van der Waals surface area (Å²) in [7, 11) is 0. The minimum absolute atomic E-state index is 0.0989. The van der Waals surface area contributed by atoms with Crippen LogP contribution in [0.2, 0.25) is 0 Å². The van der Waals surface area contributed by atoms with Crippen LogP contribution in [0.4, 0.5) is 11.5 Å². The van der Waals surface area contributed by atoms with Gasteiger partial charge in [0, 0.05) is 32.2 Å². The zero-order chi connectivity index (χ0) is 13.3. The summed E-state index contributed by atoms with van der Waals surface area (Å²) < 4.78 is 1.34. The maximum absolute atomic E-state index is 11.9. The first-order chi connectivity index (χ1) is 8.58. The van der Waals surface area contributed by atoms with Crippen molar-refractivity contribution in [2.24, 2.45) is 5.92 Å². The zero-order valence-corrected chi connectivity index (χ0v) is 10.3. The number of anilines is 2. The summed E-state index contributed by atoms with van der Waals surface area (Å²) in [6.45, 7) is 3.56. The average Bonchev–Trinajstić information content (AvgIpc) is 2.77. The molecular weight excluding hydrogens is 236 g/mol. The summed E-state index contributed by atoms with van der Waals surface area (Å²) in [5.74, 6) is 0.357. The Balaban J connectivity index is 2.45. The van der Waals surface area contributed by atoms with Gasteiger partial charge in [-0.2, -0.15) is 0 Å². The van der Waals surface area contributed by atoms with Gasteiger partial charge in [0.05, 0.1) is 0 Å². The van der Waals surface area contributed by atoms with Crippen LogP contribution >= 0.6 is 0 Å². The van der Waals surface area contributed by atoms with Gasteiger partial charge in [0.25, 0.3) is 5.56 Å². The van der Waals surface area contributed by atoms with Crippen LogP contribution in [-0.2, 0) is 6.54 Å². The highest BCUT2D eigenvalue weighted by atomic mass is 16.3. The Hall–Kier alpha value is -1.76. The molecule has 0 saturated carbocycles. The van der Waals surface area contributed by atoms with Crippen LogP contribution in [0, 0.1) is 5.92 Å². The highest BCUT2D eigenvalue weighted by molar-refractivity contribution is 5.62. The molecule has 1 saturated heterocycles. The lowest BCUT2D eigenvalue weighted by atomic mass is 10.1. The van der Waals surface area contributed by atoms with E-state index in [9.17, 15) is 9.59 Å². The summed E-state index contributed by atoms with van der Waals surface area (Å²) in [5.41, 5.74) is 5.30. The van der Waals surface area contributed by atoms with Crippen molar-refractivity contribution in [3.8, 4) is 0 Å². The molecule has 1 aliphatic rings. The monoisotopic (exact) mass is 254 g/mol. The van der Waals surface area contributed by atoms with Gasteiger partial charge in [-0.3, -0.25) is 14.3 Å². The van der Waals surface area contributed by atoms with E-state index in [1.807, 2.05) is 4.90 Å². The minimum Gasteiger partial charge on any atom is -0.396 e. The molecule has 0 aliphatic carbocycles. The topological polar surface area (TPSA) is 104 Å². The maximum Gasteiger partial charge on any atom is 0.330 e. The largest absolute Gasteiger partial charge is 0.396 e. The number of nitrogens with one attached hydrogen (secondary N) is 1. The van der Waals surface area contributed by atoms with E-state index in [-0.39, 0.29) is 18.3 Å². The summed E-state index contributed by atoms with van der Waals surface area (Å²) in [6.07, 6.45) is 0.820. The smallest absolute Gasteiger partial charge is 0.330 e. The molecule has 1 fully saturated rings. The molecule has 1 aromatic heterocycles. The maximum atomic E-state index is 11.9. The molecule has 1 aromatic rings. The number of aromatic nitrogens is 2. The molecule has 18 heavy (non-hydrogen) atoms. The SMILES string of the molecule is CCn1c(N)c(N2CCC(CO)C2)c(=O)[nH]c1=O. The number of aromatic amines is 1. The number of H-pyrrole nitrogens is 1. The summed E-state index contributed by atoms with van der Waals surface area (Å²) >= 11 is 0. The average molecular weight is 254 g/mol. The fourth-order valence-electron chi connectivity index (χ4n) is 2.38. The molecule has 2 heterocycles. The molecule has 1 atom stereocenters. The number of hydrogen-bond acceptors (Lipinski definition) is 5. The summed E-state index contributed by atoms with van der Waals surface area (Å²) in [6, 6.07) is 0. The van der Waals surface area contributed by atoms with E-state index in [2.05, 4.69) is 4.98 Å². The second-order valence-electron chi connectivity index (χ2n) is 4.52. The number of nitrogens with zero attached hydrogens (tertiary/aromatic N) is 2. The first-order valence-electron chi connectivity index (χ1n) is 6.06. The molecule has 7 nitrogen and oxygen atoms in total. The number of aliphatic hydroxyl groups excluding tert-OH is 1. The number of rotatable bonds is 3. The third kappa shape index (κ3) is 2.01. The van der Waals surface area contributed by atoms with E-state index in [0.717, 1.165) is 6.42 Å². The highest BCUT2D eigenvalue weighted by Gasteiger charge is 2.26. The summed E-state index contributed by atoms with van der Waals surface area (Å²) in [5, 5.41) is 9.12. The van der Waals surface area contributed by atoms with Crippen LogP contribution in [0.25, 0.3) is 0 Å². The van der Waals surface area contributed by atoms with Gasteiger partial charge in [-0.05, 0) is 13.3 Å². The van der Waals surface area contributed by atoms with Crippen LogP contribution in [0.3, 0.4) is 0 Å². The molecule has 100 valence electrons. The van der Waals surface area contributed by atoms with Crippen LogP contribution in [0.5, 0.6) is 0 Å². The van der Waals surface area contributed by atoms with E-state index in [1.165, 1.54) is 4.57 Å². The second kappa shape index (κ2) is 4.85. The van der Waals surface area contributed by atoms with Crippen LogP contribution < -0.4 is 21.9 Å². The normalized spacial score (nSPS) is 19.4. The van der Waals surface area contributed by atoms with E-state index in [1.54, 1.807) is 6.92 Å². The van der Waals surface area contributed by atoms with Gasteiger partial charge in [-0.1, -0.05) is 0 Å². The second-order valence-corrected chi connectivity index (χ2v) is 4.52. The molecule has 7 heteroatoms. The molecule has 0 aromatic carbocycles. The lowest BCUT2D eigenvalue weighted by Gasteiger charge is -2.20. The Kier molecular flexibility index (Phi) is 3.42. The van der Waals surface area contributed by atoms with E-state index < -0.39 is 11.2 Å². The molecular formula is C11H18N4O3. The third-order valence-electron chi connectivity index (χ3n) is 3.39. The molecule has 0 radical (unpaired) electrons. The molecule has 1 unspecified atom stereocenters. The summed E-state index contributed by atoms with van der Waals surface area (Å²) in [4.78, 5) is 27.5. The lowest BCUT2D eigenvalue weighted by molar-refractivity contribution is 0.238. The number of hydrogen-bond donors (Lipinski definition) is 3. The Morgan fingerprint density at radius 3 is 2.78 bits per heavy atom. The van der Waals surface area contributed by atoms with Gasteiger partial charge in [0.1, 0.15) is 11.5 Å². The standard InChI is InChI=1S/C11H18N4O3/c1-2-15-9(12)8(10(17)13-11(15)18)14-4-3-7(5-14)6-16/h7,16H,2-6,12H2,1H3,(H,13,17,18). The van der Waals surface area contributed by atoms with Crippen molar-refractivity contribution in [2.45, 2.75) is 19.9 Å². The van der Waals surface area contributed by atoms with Crippen molar-refractivity contribution in [3.05, 3.63) is 20.8 Å². The molecule has 1 aliphatic heterocycles. The first-order valence-corrected chi connectivity index (χ1v) is 6.06. The number of nitrogen functional groups attached to an aromatic ring is 1. The lowest BCUT2D eigenvalue weighted by Crippen LogP contribution is -2.37. The highest BCUT2D eigenvalue weighted by Crippen LogP contribution is 2.24. The van der Waals surface area contributed by atoms with E-state index in [4.69, 9.17) is 10.8 Å². The van der Waals surface area contributed by atoms with Crippen LogP contribution in [0.15, 0.2) is 9.59 Å². The van der Waals surface area contributed by atoms with Crippen LogP contribution in [-0.4, -0.2) is 34.4 Å². The van der Waals surface area contributed by atoms with Crippen molar-refractivity contribution < 1.29 is 5.11 Å². The molecule has 4 N–H and O–H groups in total. The number of nitrogens with two attached hydrogens (primary N) is 1. The van der Waals surface area contributed by atoms with Crippen molar-refractivity contribution in [1.29, 1.82) is 0 Å². The van der Waals surface area contributed by atoms with Gasteiger partial charge < -0.3 is 15.7 Å². The van der Waals surface area contributed by atoms with Gasteiger partial charge in [-0.15, -0.1) is 0 Å². The molecule has 0 bridgehead atoms. The van der Waals surface area contributed by atoms with Gasteiger partial charge in [-0.25, -0.2) is 4.79 Å². The first kappa shape index (κ1) is 12.7. The fourth-order valence-corrected chi connectivity index (χ4v) is 2.38. The Morgan fingerprint density at radius 1 is 1.50 bits per heavy atom. The fraction of sp³-hybridized carbons (Fsp3) is 0.636. The predicted molar refractivity (Wildman–Crippen MR) is 68.8 cm³/mol. The Labute approximate surface area is 104 Å². The zero-order valence-electron chi connectivity index (χ0n) is 10.3. The van der Waals surface area contributed by atoms with E-state index >= 15 is 0 Å². The predicted octanol–water partition coefficient (Wildman–Crippen LogP) is -1.04. The van der Waals surface area contributed by atoms with Crippen LogP contribution in [0.1, 0.15) is 13.3 Å². The minimum atomic E-state index is -0.485. The third-order valence-corrected chi connectivity index (χ3v) is 3.39. The molecule has 0 spiro atoms. The van der Waals surface area contributed by atoms with E-state index in [0.29, 0.717) is 25.3 Å². The molecule has 2 rings (SSSR count). The quantitative estimate of drug-likeness (QED) is 0.639. The molecule has 0 amide bonds. The van der Waals surface area contributed by atoms with Crippen molar-refractivity contribution in [1.82, 2.24) is 9.55 Å². The van der Waals surface area contributed by atoms with Crippen molar-refractivity contribution in [3.63, 3.8) is 0 Å². The Bertz CT molecular complexity index is 548. The Morgan fingerprint density at radius 2 is 2.22 bits per heavy atom. The van der Waals surface area contributed by atoms with Crippen molar-refractivity contribution in [2.75, 3.05) is 30.3 Å².